The molecule has 1 N–H and O–H groups in total. The van der Waals surface area contributed by atoms with Crippen molar-refractivity contribution in [3.05, 3.63) is 39.2 Å². The molecule has 0 spiro atoms. The molecule has 0 amide bonds. The Labute approximate surface area is 100 Å². The van der Waals surface area contributed by atoms with Crippen LogP contribution < -0.4 is 10.2 Å². The lowest BCUT2D eigenvalue weighted by atomic mass is 10.0. The molecule has 0 bridgehead atoms. The second kappa shape index (κ2) is 4.24. The van der Waals surface area contributed by atoms with Crippen LogP contribution in [0.3, 0.4) is 0 Å². The van der Waals surface area contributed by atoms with Crippen LogP contribution >= 0.6 is 0 Å². The molecule has 0 atom stereocenters. The predicted molar refractivity (Wildman–Crippen MR) is 70.0 cm³/mol. The van der Waals surface area contributed by atoms with Crippen molar-refractivity contribution in [1.29, 1.82) is 0 Å². The number of methoxy groups -OCH3 is 1. The van der Waals surface area contributed by atoms with Gasteiger partial charge in [-0.15, -0.1) is 0 Å². The highest BCUT2D eigenvalue weighted by atomic mass is 16.5. The molecule has 1 aromatic carbocycles. The van der Waals surface area contributed by atoms with Gasteiger partial charge in [-0.3, -0.25) is 4.79 Å². The summed E-state index contributed by atoms with van der Waals surface area (Å²) in [5, 5.41) is 0.705. The molecule has 0 unspecified atom stereocenters. The Hall–Kier alpha value is -1.77. The van der Waals surface area contributed by atoms with E-state index in [9.17, 15) is 4.79 Å². The van der Waals surface area contributed by atoms with Crippen molar-refractivity contribution in [3.8, 4) is 5.75 Å². The summed E-state index contributed by atoms with van der Waals surface area (Å²) in [7, 11) is 1.61. The van der Waals surface area contributed by atoms with Crippen LogP contribution in [0.5, 0.6) is 5.75 Å². The molecule has 0 radical (unpaired) electrons. The van der Waals surface area contributed by atoms with E-state index in [-0.39, 0.29) is 5.43 Å². The number of hydrogen-bond donors (Lipinski definition) is 1. The van der Waals surface area contributed by atoms with E-state index in [2.05, 4.69) is 4.98 Å². The van der Waals surface area contributed by atoms with Crippen LogP contribution in [0.4, 0.5) is 0 Å². The lowest BCUT2D eigenvalue weighted by Crippen LogP contribution is -2.12. The number of pyridine rings is 1. The summed E-state index contributed by atoms with van der Waals surface area (Å²) in [6.45, 7) is 5.89. The maximum atomic E-state index is 12.3. The van der Waals surface area contributed by atoms with E-state index in [1.165, 1.54) is 0 Å². The van der Waals surface area contributed by atoms with Gasteiger partial charge in [-0.1, -0.05) is 6.92 Å². The van der Waals surface area contributed by atoms with Crippen LogP contribution in [0, 0.1) is 13.8 Å². The van der Waals surface area contributed by atoms with E-state index in [0.29, 0.717) is 5.39 Å². The first-order chi connectivity index (χ1) is 8.08. The zero-order chi connectivity index (χ0) is 12.6. The highest BCUT2D eigenvalue weighted by Crippen LogP contribution is 2.22. The fraction of sp³-hybridized carbons (Fsp3) is 0.357. The zero-order valence-corrected chi connectivity index (χ0v) is 10.7. The van der Waals surface area contributed by atoms with Crippen LogP contribution in [-0.2, 0) is 6.42 Å². The third-order valence-electron chi connectivity index (χ3n) is 3.21. The van der Waals surface area contributed by atoms with E-state index in [1.54, 1.807) is 13.2 Å². The number of benzene rings is 1. The van der Waals surface area contributed by atoms with Crippen molar-refractivity contribution in [2.45, 2.75) is 27.2 Å². The third kappa shape index (κ3) is 1.82. The number of fused-ring (bicyclic) bond motifs is 1. The molecule has 0 aliphatic carbocycles. The second-order valence-electron chi connectivity index (χ2n) is 4.28. The summed E-state index contributed by atoms with van der Waals surface area (Å²) in [6.07, 6.45) is 0.836. The molecule has 2 aromatic rings. The predicted octanol–water partition coefficient (Wildman–Crippen LogP) is 2.72. The van der Waals surface area contributed by atoms with Gasteiger partial charge in [0.15, 0.2) is 5.43 Å². The first-order valence-electron chi connectivity index (χ1n) is 5.78. The zero-order valence-electron chi connectivity index (χ0n) is 10.7. The quantitative estimate of drug-likeness (QED) is 0.863. The lowest BCUT2D eigenvalue weighted by molar-refractivity contribution is 0.415. The molecule has 0 saturated carbocycles. The van der Waals surface area contributed by atoms with Crippen molar-refractivity contribution in [3.63, 3.8) is 0 Å². The molecule has 90 valence electrons. The average Bonchev–Trinajstić information content (AvgIpc) is 2.34. The molecule has 3 heteroatoms. The molecule has 0 aliphatic rings. The SMILES string of the molecule is CCc1[nH]c2c(C)cc(OC)cc2c(=O)c1C. The number of ether oxygens (including phenoxy) is 1. The molecular formula is C14H17NO2. The highest BCUT2D eigenvalue weighted by Gasteiger charge is 2.10. The highest BCUT2D eigenvalue weighted by molar-refractivity contribution is 5.84. The Morgan fingerprint density at radius 1 is 1.29 bits per heavy atom. The minimum Gasteiger partial charge on any atom is -0.497 e. The summed E-state index contributed by atoms with van der Waals surface area (Å²) >= 11 is 0. The van der Waals surface area contributed by atoms with Crippen molar-refractivity contribution >= 4 is 10.9 Å². The first kappa shape index (κ1) is 11.7. The van der Waals surface area contributed by atoms with E-state index in [4.69, 9.17) is 4.74 Å². The molecular weight excluding hydrogens is 214 g/mol. The van der Waals surface area contributed by atoms with Gasteiger partial charge in [0.05, 0.1) is 12.6 Å². The summed E-state index contributed by atoms with van der Waals surface area (Å²) in [4.78, 5) is 15.6. The van der Waals surface area contributed by atoms with Crippen molar-refractivity contribution in [1.82, 2.24) is 4.98 Å². The van der Waals surface area contributed by atoms with E-state index in [1.807, 2.05) is 26.8 Å². The van der Waals surface area contributed by atoms with Crippen LogP contribution in [-0.4, -0.2) is 12.1 Å². The van der Waals surface area contributed by atoms with Gasteiger partial charge < -0.3 is 9.72 Å². The van der Waals surface area contributed by atoms with Gasteiger partial charge in [0.1, 0.15) is 5.75 Å². The Kier molecular flexibility index (Phi) is 2.92. The van der Waals surface area contributed by atoms with E-state index in [0.717, 1.165) is 34.5 Å². The van der Waals surface area contributed by atoms with Gasteiger partial charge in [-0.25, -0.2) is 0 Å². The van der Waals surface area contributed by atoms with E-state index >= 15 is 0 Å². The number of nitrogens with one attached hydrogen (secondary N) is 1. The van der Waals surface area contributed by atoms with Crippen molar-refractivity contribution in [2.75, 3.05) is 7.11 Å². The van der Waals surface area contributed by atoms with Crippen LogP contribution in [0.1, 0.15) is 23.7 Å². The Morgan fingerprint density at radius 3 is 2.59 bits per heavy atom. The van der Waals surface area contributed by atoms with E-state index < -0.39 is 0 Å². The maximum Gasteiger partial charge on any atom is 0.192 e. The van der Waals surface area contributed by atoms with Crippen LogP contribution in [0.2, 0.25) is 0 Å². The number of H-pyrrole nitrogens is 1. The topological polar surface area (TPSA) is 42.1 Å². The number of aromatic amines is 1. The molecule has 3 nitrogen and oxygen atoms in total. The van der Waals surface area contributed by atoms with Gasteiger partial charge in [-0.05, 0) is 38.0 Å². The smallest absolute Gasteiger partial charge is 0.192 e. The minimum absolute atomic E-state index is 0.0950. The summed E-state index contributed by atoms with van der Waals surface area (Å²) in [5.41, 5.74) is 3.85. The van der Waals surface area contributed by atoms with Crippen molar-refractivity contribution < 1.29 is 4.74 Å². The maximum absolute atomic E-state index is 12.3. The molecule has 17 heavy (non-hydrogen) atoms. The summed E-state index contributed by atoms with van der Waals surface area (Å²) in [5.74, 6) is 0.726. The number of aromatic nitrogens is 1. The van der Waals surface area contributed by atoms with Gasteiger partial charge in [-0.2, -0.15) is 0 Å². The normalized spacial score (nSPS) is 10.8. The monoisotopic (exact) mass is 231 g/mol. The summed E-state index contributed by atoms with van der Waals surface area (Å²) < 4.78 is 5.20. The number of rotatable bonds is 2. The minimum atomic E-state index is 0.0950. The summed E-state index contributed by atoms with van der Waals surface area (Å²) in [6, 6.07) is 3.74. The fourth-order valence-electron chi connectivity index (χ4n) is 2.15. The Bertz CT molecular complexity index is 626. The number of aryl methyl sites for hydroxylation is 2. The first-order valence-corrected chi connectivity index (χ1v) is 5.78. The fourth-order valence-corrected chi connectivity index (χ4v) is 2.15. The van der Waals surface area contributed by atoms with Crippen LogP contribution in [0.15, 0.2) is 16.9 Å². The molecule has 2 rings (SSSR count). The molecule has 0 aliphatic heterocycles. The Balaban J connectivity index is 2.92. The largest absolute Gasteiger partial charge is 0.497 e. The van der Waals surface area contributed by atoms with Gasteiger partial charge in [0, 0.05) is 16.6 Å². The third-order valence-corrected chi connectivity index (χ3v) is 3.21. The van der Waals surface area contributed by atoms with Gasteiger partial charge in [0.25, 0.3) is 0 Å². The average molecular weight is 231 g/mol. The lowest BCUT2D eigenvalue weighted by Gasteiger charge is -2.10. The van der Waals surface area contributed by atoms with Crippen molar-refractivity contribution in [2.24, 2.45) is 0 Å². The Morgan fingerprint density at radius 2 is 2.00 bits per heavy atom. The van der Waals surface area contributed by atoms with Crippen LogP contribution in [0.25, 0.3) is 10.9 Å². The van der Waals surface area contributed by atoms with Gasteiger partial charge >= 0.3 is 0 Å². The standard InChI is InChI=1S/C14H17NO2/c1-5-12-9(3)14(16)11-7-10(17-4)6-8(2)13(11)15-12/h6-7H,5H2,1-4H3,(H,15,16). The molecule has 1 aromatic heterocycles. The second-order valence-corrected chi connectivity index (χ2v) is 4.28. The molecule has 0 fully saturated rings. The number of hydrogen-bond acceptors (Lipinski definition) is 2. The van der Waals surface area contributed by atoms with Gasteiger partial charge in [0.2, 0.25) is 0 Å². The molecule has 0 saturated heterocycles. The molecule has 1 heterocycles.